The summed E-state index contributed by atoms with van der Waals surface area (Å²) in [7, 11) is 0. The summed E-state index contributed by atoms with van der Waals surface area (Å²) in [4.78, 5) is 28.9. The second-order valence-electron chi connectivity index (χ2n) is 7.26. The van der Waals surface area contributed by atoms with Crippen LogP contribution >= 0.6 is 22.9 Å². The van der Waals surface area contributed by atoms with Crippen molar-refractivity contribution >= 4 is 51.3 Å². The van der Waals surface area contributed by atoms with Gasteiger partial charge in [0.2, 0.25) is 5.78 Å². The SMILES string of the molecule is Cc1ccc(Cl)cc1N1C(=O)C(O)=C(C(=O)c2cc3ccccc3o2)C1c1cccs1. The average molecular weight is 450 g/mol. The lowest BCUT2D eigenvalue weighted by Gasteiger charge is -2.27. The molecule has 1 unspecified atom stereocenters. The minimum absolute atomic E-state index is 0.00844. The van der Waals surface area contributed by atoms with Gasteiger partial charge in [0.15, 0.2) is 11.5 Å². The average Bonchev–Trinajstić information content (AvgIpc) is 3.48. The molecule has 1 aliphatic rings. The zero-order valence-electron chi connectivity index (χ0n) is 16.3. The lowest BCUT2D eigenvalue weighted by Crippen LogP contribution is -2.31. The molecule has 31 heavy (non-hydrogen) atoms. The van der Waals surface area contributed by atoms with Gasteiger partial charge in [-0.1, -0.05) is 41.9 Å². The summed E-state index contributed by atoms with van der Waals surface area (Å²) in [6.45, 7) is 1.85. The molecular formula is C24H16ClNO4S. The van der Waals surface area contributed by atoms with Crippen molar-refractivity contribution in [3.8, 4) is 0 Å². The van der Waals surface area contributed by atoms with E-state index in [9.17, 15) is 14.7 Å². The molecule has 1 atom stereocenters. The number of rotatable bonds is 4. The number of ketones is 1. The van der Waals surface area contributed by atoms with Gasteiger partial charge >= 0.3 is 0 Å². The number of anilines is 1. The van der Waals surface area contributed by atoms with Gasteiger partial charge in [-0.05, 0) is 48.2 Å². The maximum absolute atomic E-state index is 13.5. The van der Waals surface area contributed by atoms with Crippen molar-refractivity contribution < 1.29 is 19.1 Å². The van der Waals surface area contributed by atoms with Crippen LogP contribution in [0, 0.1) is 6.92 Å². The normalized spacial score (nSPS) is 16.5. The first-order valence-electron chi connectivity index (χ1n) is 9.55. The largest absolute Gasteiger partial charge is 0.503 e. The third-order valence-electron chi connectivity index (χ3n) is 5.35. The monoisotopic (exact) mass is 449 g/mol. The highest BCUT2D eigenvalue weighted by molar-refractivity contribution is 7.10. The number of aliphatic hydroxyl groups excluding tert-OH is 1. The summed E-state index contributed by atoms with van der Waals surface area (Å²) < 4.78 is 5.73. The molecule has 5 nitrogen and oxygen atoms in total. The van der Waals surface area contributed by atoms with Crippen molar-refractivity contribution in [2.75, 3.05) is 4.90 Å². The quantitative estimate of drug-likeness (QED) is 0.374. The first kappa shape index (κ1) is 19.6. The maximum Gasteiger partial charge on any atom is 0.294 e. The second-order valence-corrected chi connectivity index (χ2v) is 8.68. The number of hydrogen-bond donors (Lipinski definition) is 1. The van der Waals surface area contributed by atoms with Crippen LogP contribution in [0.1, 0.15) is 27.0 Å². The minimum atomic E-state index is -0.787. The zero-order chi connectivity index (χ0) is 21.7. The molecule has 2 aromatic carbocycles. The van der Waals surface area contributed by atoms with Crippen LogP contribution in [0.4, 0.5) is 5.69 Å². The number of furan rings is 1. The van der Waals surface area contributed by atoms with Crippen molar-refractivity contribution in [1.82, 2.24) is 0 Å². The Morgan fingerprint density at radius 1 is 1.13 bits per heavy atom. The smallest absolute Gasteiger partial charge is 0.294 e. The van der Waals surface area contributed by atoms with Crippen LogP contribution in [-0.4, -0.2) is 16.8 Å². The molecule has 0 saturated heterocycles. The Kier molecular flexibility index (Phi) is 4.68. The molecule has 7 heteroatoms. The van der Waals surface area contributed by atoms with E-state index in [1.807, 2.05) is 42.6 Å². The fraction of sp³-hybridized carbons (Fsp3) is 0.0833. The number of para-hydroxylation sites is 1. The Bertz CT molecular complexity index is 1340. The number of aryl methyl sites for hydroxylation is 1. The van der Waals surface area contributed by atoms with E-state index in [0.29, 0.717) is 16.3 Å². The van der Waals surface area contributed by atoms with Crippen LogP contribution < -0.4 is 4.90 Å². The number of hydrogen-bond acceptors (Lipinski definition) is 5. The predicted octanol–water partition coefficient (Wildman–Crippen LogP) is 6.24. The summed E-state index contributed by atoms with van der Waals surface area (Å²) >= 11 is 7.60. The van der Waals surface area contributed by atoms with Crippen molar-refractivity contribution in [2.24, 2.45) is 0 Å². The van der Waals surface area contributed by atoms with Gasteiger partial charge in [-0.15, -0.1) is 11.3 Å². The van der Waals surface area contributed by atoms with E-state index < -0.39 is 23.5 Å². The van der Waals surface area contributed by atoms with Gasteiger partial charge in [0.25, 0.3) is 5.91 Å². The standard InChI is InChI=1S/C24H16ClNO4S/c1-13-8-9-15(25)12-16(13)26-21(19-7-4-10-31-19)20(23(28)24(26)29)22(27)18-11-14-5-2-3-6-17(14)30-18/h2-12,21,28H,1H3. The Hall–Kier alpha value is -3.35. The molecule has 0 aliphatic carbocycles. The Morgan fingerprint density at radius 2 is 1.94 bits per heavy atom. The number of aliphatic hydroxyl groups is 1. The maximum atomic E-state index is 13.5. The predicted molar refractivity (Wildman–Crippen MR) is 121 cm³/mol. The second kappa shape index (κ2) is 7.41. The number of halogens is 1. The summed E-state index contributed by atoms with van der Waals surface area (Å²) in [6, 6.07) is 17.0. The molecule has 1 N–H and O–H groups in total. The van der Waals surface area contributed by atoms with Crippen LogP contribution in [0.3, 0.4) is 0 Å². The fourth-order valence-corrected chi connectivity index (χ4v) is 4.86. The van der Waals surface area contributed by atoms with Crippen molar-refractivity contribution in [2.45, 2.75) is 13.0 Å². The number of thiophene rings is 1. The molecule has 3 heterocycles. The van der Waals surface area contributed by atoms with Crippen LogP contribution in [-0.2, 0) is 4.79 Å². The van der Waals surface area contributed by atoms with E-state index >= 15 is 0 Å². The zero-order valence-corrected chi connectivity index (χ0v) is 17.9. The number of amides is 1. The molecule has 0 fully saturated rings. The Morgan fingerprint density at radius 3 is 2.68 bits per heavy atom. The lowest BCUT2D eigenvalue weighted by atomic mass is 9.99. The molecule has 0 spiro atoms. The minimum Gasteiger partial charge on any atom is -0.503 e. The summed E-state index contributed by atoms with van der Waals surface area (Å²) in [5, 5.41) is 13.9. The molecule has 0 radical (unpaired) electrons. The first-order chi connectivity index (χ1) is 15.0. The molecule has 5 rings (SSSR count). The van der Waals surface area contributed by atoms with E-state index in [4.69, 9.17) is 16.0 Å². The lowest BCUT2D eigenvalue weighted by molar-refractivity contribution is -0.117. The molecular weight excluding hydrogens is 434 g/mol. The van der Waals surface area contributed by atoms with Crippen LogP contribution in [0.2, 0.25) is 5.02 Å². The van der Waals surface area contributed by atoms with Crippen LogP contribution in [0.5, 0.6) is 0 Å². The van der Waals surface area contributed by atoms with Crippen LogP contribution in [0.25, 0.3) is 11.0 Å². The highest BCUT2D eigenvalue weighted by Gasteiger charge is 2.46. The van der Waals surface area contributed by atoms with Gasteiger partial charge in [0, 0.05) is 21.0 Å². The number of nitrogens with zero attached hydrogens (tertiary/aromatic N) is 1. The van der Waals surface area contributed by atoms with E-state index in [1.165, 1.54) is 16.2 Å². The molecule has 1 amide bonds. The van der Waals surface area contributed by atoms with Crippen molar-refractivity contribution in [1.29, 1.82) is 0 Å². The molecule has 0 bridgehead atoms. The molecule has 4 aromatic rings. The van der Waals surface area contributed by atoms with Gasteiger partial charge < -0.3 is 9.52 Å². The van der Waals surface area contributed by atoms with Gasteiger partial charge in [0.05, 0.1) is 5.57 Å². The molecule has 0 saturated carbocycles. The van der Waals surface area contributed by atoms with E-state index in [2.05, 4.69) is 0 Å². The highest BCUT2D eigenvalue weighted by atomic mass is 35.5. The highest BCUT2D eigenvalue weighted by Crippen LogP contribution is 2.45. The van der Waals surface area contributed by atoms with E-state index in [1.54, 1.807) is 30.3 Å². The number of carbonyl (C=O) groups excluding carboxylic acids is 2. The summed E-state index contributed by atoms with van der Waals surface area (Å²) in [5.41, 5.74) is 1.88. The molecule has 1 aliphatic heterocycles. The number of carbonyl (C=O) groups is 2. The molecule has 154 valence electrons. The van der Waals surface area contributed by atoms with E-state index in [-0.39, 0.29) is 11.3 Å². The Labute approximate surface area is 186 Å². The third-order valence-corrected chi connectivity index (χ3v) is 6.51. The topological polar surface area (TPSA) is 70.8 Å². The van der Waals surface area contributed by atoms with Crippen LogP contribution in [0.15, 0.2) is 81.8 Å². The number of benzene rings is 2. The van der Waals surface area contributed by atoms with Gasteiger partial charge in [0.1, 0.15) is 11.6 Å². The summed E-state index contributed by atoms with van der Waals surface area (Å²) in [5.74, 6) is -1.68. The number of Topliss-reactive ketones (excluding diaryl/α,β-unsaturated/α-hetero) is 1. The van der Waals surface area contributed by atoms with Crippen molar-refractivity contribution in [3.05, 3.63) is 98.6 Å². The summed E-state index contributed by atoms with van der Waals surface area (Å²) in [6.07, 6.45) is 0. The van der Waals surface area contributed by atoms with Gasteiger partial charge in [-0.25, -0.2) is 0 Å². The van der Waals surface area contributed by atoms with Gasteiger partial charge in [-0.3, -0.25) is 14.5 Å². The third kappa shape index (κ3) is 3.15. The first-order valence-corrected chi connectivity index (χ1v) is 10.8. The van der Waals surface area contributed by atoms with Crippen molar-refractivity contribution in [3.63, 3.8) is 0 Å². The molecule has 2 aromatic heterocycles. The Balaban J connectivity index is 1.67. The van der Waals surface area contributed by atoms with E-state index in [0.717, 1.165) is 15.8 Å². The number of fused-ring (bicyclic) bond motifs is 1. The fourth-order valence-electron chi connectivity index (χ4n) is 3.87. The van der Waals surface area contributed by atoms with Gasteiger partial charge in [-0.2, -0.15) is 0 Å².